The molecule has 1 atom stereocenters. The Hall–Kier alpha value is -0.420. The molecule has 1 unspecified atom stereocenters. The first-order valence-electron chi connectivity index (χ1n) is 4.48. The lowest BCUT2D eigenvalue weighted by molar-refractivity contribution is -0.120. The van der Waals surface area contributed by atoms with Gasteiger partial charge in [0.1, 0.15) is 0 Å². The highest BCUT2D eigenvalue weighted by atomic mass is 32.2. The van der Waals surface area contributed by atoms with Gasteiger partial charge in [0.2, 0.25) is 5.91 Å². The van der Waals surface area contributed by atoms with Crippen molar-refractivity contribution in [3.8, 4) is 0 Å². The van der Waals surface area contributed by atoms with E-state index < -0.39 is 10.8 Å². The maximum atomic E-state index is 11.1. The van der Waals surface area contributed by atoms with Crippen molar-refractivity contribution in [1.29, 1.82) is 0 Å². The highest BCUT2D eigenvalue weighted by Crippen LogP contribution is 2.17. The molecule has 0 saturated heterocycles. The number of hydrogen-bond acceptors (Lipinski definition) is 3. The van der Waals surface area contributed by atoms with Crippen molar-refractivity contribution in [1.82, 2.24) is 10.6 Å². The standard InChI is InChI=1S/C8H16N2O2S/c1-13(12)5-4-9-8(11)6-10-7-2-3-7/h7,10H,2-6H2,1H3,(H,9,11). The van der Waals surface area contributed by atoms with Gasteiger partial charge >= 0.3 is 0 Å². The zero-order chi connectivity index (χ0) is 9.68. The monoisotopic (exact) mass is 204 g/mol. The van der Waals surface area contributed by atoms with Crippen LogP contribution in [0.25, 0.3) is 0 Å². The van der Waals surface area contributed by atoms with Crippen LogP contribution in [0.15, 0.2) is 0 Å². The van der Waals surface area contributed by atoms with Gasteiger partial charge in [-0.2, -0.15) is 0 Å². The minimum Gasteiger partial charge on any atom is -0.354 e. The summed E-state index contributed by atoms with van der Waals surface area (Å²) in [5, 5.41) is 5.81. The molecule has 1 aliphatic rings. The van der Waals surface area contributed by atoms with Gasteiger partial charge in [-0.15, -0.1) is 0 Å². The molecule has 5 heteroatoms. The first-order chi connectivity index (χ1) is 6.18. The van der Waals surface area contributed by atoms with Gasteiger partial charge in [-0.05, 0) is 12.8 Å². The van der Waals surface area contributed by atoms with Crippen molar-refractivity contribution in [3.63, 3.8) is 0 Å². The Morgan fingerprint density at radius 1 is 1.54 bits per heavy atom. The van der Waals surface area contributed by atoms with Gasteiger partial charge in [-0.1, -0.05) is 0 Å². The van der Waals surface area contributed by atoms with Gasteiger partial charge in [0.05, 0.1) is 6.54 Å². The molecule has 2 N–H and O–H groups in total. The lowest BCUT2D eigenvalue weighted by Gasteiger charge is -2.04. The summed E-state index contributed by atoms with van der Waals surface area (Å²) in [5.41, 5.74) is 0. The Kier molecular flexibility index (Phi) is 4.38. The van der Waals surface area contributed by atoms with E-state index in [1.165, 1.54) is 12.8 Å². The number of nitrogens with one attached hydrogen (secondary N) is 2. The van der Waals surface area contributed by atoms with Crippen molar-refractivity contribution < 1.29 is 9.00 Å². The minimum absolute atomic E-state index is 0.00245. The molecule has 0 bridgehead atoms. The molecular weight excluding hydrogens is 188 g/mol. The van der Waals surface area contributed by atoms with Crippen LogP contribution >= 0.6 is 0 Å². The predicted molar refractivity (Wildman–Crippen MR) is 53.0 cm³/mol. The zero-order valence-electron chi connectivity index (χ0n) is 7.84. The number of hydrogen-bond donors (Lipinski definition) is 2. The van der Waals surface area contributed by atoms with Gasteiger partial charge in [-0.3, -0.25) is 9.00 Å². The molecule has 76 valence electrons. The highest BCUT2D eigenvalue weighted by Gasteiger charge is 2.20. The molecule has 1 rings (SSSR count). The van der Waals surface area contributed by atoms with Crippen LogP contribution in [0.2, 0.25) is 0 Å². The van der Waals surface area contributed by atoms with Gasteiger partial charge < -0.3 is 10.6 Å². The van der Waals surface area contributed by atoms with E-state index >= 15 is 0 Å². The quantitative estimate of drug-likeness (QED) is 0.597. The molecule has 1 aliphatic carbocycles. The molecule has 0 radical (unpaired) electrons. The van der Waals surface area contributed by atoms with E-state index in [0.29, 0.717) is 24.9 Å². The van der Waals surface area contributed by atoms with Crippen LogP contribution in [-0.4, -0.2) is 41.3 Å². The molecule has 1 saturated carbocycles. The first kappa shape index (κ1) is 10.7. The summed E-state index contributed by atoms with van der Waals surface area (Å²) in [6.45, 7) is 0.898. The third-order valence-electron chi connectivity index (χ3n) is 1.84. The highest BCUT2D eigenvalue weighted by molar-refractivity contribution is 7.84. The average molecular weight is 204 g/mol. The smallest absolute Gasteiger partial charge is 0.233 e. The van der Waals surface area contributed by atoms with Gasteiger partial charge in [0, 0.05) is 35.4 Å². The second-order valence-corrected chi connectivity index (χ2v) is 4.84. The second kappa shape index (κ2) is 5.34. The molecule has 1 amide bonds. The average Bonchev–Trinajstić information content (AvgIpc) is 2.83. The lowest BCUT2D eigenvalue weighted by Crippen LogP contribution is -2.36. The second-order valence-electron chi connectivity index (χ2n) is 3.28. The SMILES string of the molecule is CS(=O)CCNC(=O)CNC1CC1. The van der Waals surface area contributed by atoms with Crippen LogP contribution in [0.3, 0.4) is 0 Å². The van der Waals surface area contributed by atoms with Crippen LogP contribution in [0.4, 0.5) is 0 Å². The molecule has 0 aromatic carbocycles. The van der Waals surface area contributed by atoms with Crippen molar-refractivity contribution >= 4 is 16.7 Å². The summed E-state index contributed by atoms with van der Waals surface area (Å²) in [6, 6.07) is 0.561. The molecule has 0 spiro atoms. The minimum atomic E-state index is -0.817. The largest absolute Gasteiger partial charge is 0.354 e. The Morgan fingerprint density at radius 2 is 2.23 bits per heavy atom. The fourth-order valence-corrected chi connectivity index (χ4v) is 1.31. The number of carbonyl (C=O) groups is 1. The number of rotatable bonds is 6. The molecular formula is C8H16N2O2S. The van der Waals surface area contributed by atoms with E-state index in [2.05, 4.69) is 10.6 Å². The van der Waals surface area contributed by atoms with Crippen LogP contribution in [0, 0.1) is 0 Å². The zero-order valence-corrected chi connectivity index (χ0v) is 8.65. The number of carbonyl (C=O) groups excluding carboxylic acids is 1. The molecule has 13 heavy (non-hydrogen) atoms. The third-order valence-corrected chi connectivity index (χ3v) is 2.62. The van der Waals surface area contributed by atoms with Crippen molar-refractivity contribution in [2.75, 3.05) is 25.1 Å². The summed E-state index contributed by atoms with van der Waals surface area (Å²) >= 11 is 0. The molecule has 0 aromatic heterocycles. The van der Waals surface area contributed by atoms with E-state index in [-0.39, 0.29) is 5.91 Å². The van der Waals surface area contributed by atoms with Gasteiger partial charge in [-0.25, -0.2) is 0 Å². The van der Waals surface area contributed by atoms with Crippen LogP contribution < -0.4 is 10.6 Å². The van der Waals surface area contributed by atoms with E-state index in [9.17, 15) is 9.00 Å². The van der Waals surface area contributed by atoms with Gasteiger partial charge in [0.25, 0.3) is 0 Å². The Balaban J connectivity index is 1.93. The van der Waals surface area contributed by atoms with Crippen molar-refractivity contribution in [2.45, 2.75) is 18.9 Å². The van der Waals surface area contributed by atoms with E-state index in [1.807, 2.05) is 0 Å². The maximum absolute atomic E-state index is 11.1. The van der Waals surface area contributed by atoms with Crippen molar-refractivity contribution in [2.24, 2.45) is 0 Å². The van der Waals surface area contributed by atoms with E-state index in [0.717, 1.165) is 0 Å². The summed E-state index contributed by atoms with van der Waals surface area (Å²) < 4.78 is 10.6. The summed E-state index contributed by atoms with van der Waals surface area (Å²) in [6.07, 6.45) is 4.01. The predicted octanol–water partition coefficient (Wildman–Crippen LogP) is -0.767. The first-order valence-corrected chi connectivity index (χ1v) is 6.21. The molecule has 4 nitrogen and oxygen atoms in total. The Bertz CT molecular complexity index is 204. The van der Waals surface area contributed by atoms with Crippen LogP contribution in [0.5, 0.6) is 0 Å². The third kappa shape index (κ3) is 5.76. The van der Waals surface area contributed by atoms with E-state index in [4.69, 9.17) is 0 Å². The van der Waals surface area contributed by atoms with Crippen molar-refractivity contribution in [3.05, 3.63) is 0 Å². The summed E-state index contributed by atoms with van der Waals surface area (Å²) in [4.78, 5) is 11.1. The summed E-state index contributed by atoms with van der Waals surface area (Å²) in [7, 11) is -0.817. The van der Waals surface area contributed by atoms with E-state index in [1.54, 1.807) is 6.26 Å². The molecule has 0 aromatic rings. The molecule has 0 heterocycles. The topological polar surface area (TPSA) is 58.2 Å². The normalized spacial score (nSPS) is 18.2. The Labute approximate surface area is 80.9 Å². The summed E-state index contributed by atoms with van der Waals surface area (Å²) in [5.74, 6) is 0.534. The maximum Gasteiger partial charge on any atom is 0.233 e. The molecule has 0 aliphatic heterocycles. The van der Waals surface area contributed by atoms with Crippen LogP contribution in [-0.2, 0) is 15.6 Å². The number of amides is 1. The van der Waals surface area contributed by atoms with Gasteiger partial charge in [0.15, 0.2) is 0 Å². The fraction of sp³-hybridized carbons (Fsp3) is 0.875. The van der Waals surface area contributed by atoms with Crippen LogP contribution in [0.1, 0.15) is 12.8 Å². The lowest BCUT2D eigenvalue weighted by atomic mass is 10.5. The molecule has 1 fully saturated rings. The fourth-order valence-electron chi connectivity index (χ4n) is 0.921. The Morgan fingerprint density at radius 3 is 2.77 bits per heavy atom.